The molecule has 0 bridgehead atoms. The van der Waals surface area contributed by atoms with E-state index < -0.39 is 11.2 Å². The molecule has 3 aromatic rings. The third-order valence-electron chi connectivity index (χ3n) is 3.22. The molecule has 3 rings (SSSR count). The standard InChI is InChI=1S/C16H12O5/c1-20-9-6-7-11-13(8-9)21-16(15(19)14(11)18)10-4-2-3-5-12(10)17/h2-8,17,19H,1H3. The van der Waals surface area contributed by atoms with Crippen LogP contribution in [0.3, 0.4) is 0 Å². The summed E-state index contributed by atoms with van der Waals surface area (Å²) in [6.07, 6.45) is 0. The molecule has 5 heteroatoms. The van der Waals surface area contributed by atoms with Gasteiger partial charge in [-0.1, -0.05) is 12.1 Å². The van der Waals surface area contributed by atoms with Crippen LogP contribution in [0.4, 0.5) is 0 Å². The number of aromatic hydroxyl groups is 2. The number of fused-ring (bicyclic) bond motifs is 1. The maximum atomic E-state index is 12.2. The van der Waals surface area contributed by atoms with Gasteiger partial charge in [0.1, 0.15) is 17.1 Å². The summed E-state index contributed by atoms with van der Waals surface area (Å²) < 4.78 is 10.7. The van der Waals surface area contributed by atoms with Crippen molar-refractivity contribution in [3.8, 4) is 28.6 Å². The molecule has 0 spiro atoms. The summed E-state index contributed by atoms with van der Waals surface area (Å²) >= 11 is 0. The van der Waals surface area contributed by atoms with Crippen molar-refractivity contribution >= 4 is 11.0 Å². The Bertz CT molecular complexity index is 879. The lowest BCUT2D eigenvalue weighted by Gasteiger charge is -2.08. The molecule has 1 heterocycles. The largest absolute Gasteiger partial charge is 0.507 e. The van der Waals surface area contributed by atoms with Crippen molar-refractivity contribution in [2.75, 3.05) is 7.11 Å². The summed E-state index contributed by atoms with van der Waals surface area (Å²) in [7, 11) is 1.50. The molecule has 0 radical (unpaired) electrons. The Hall–Kier alpha value is -2.95. The lowest BCUT2D eigenvalue weighted by atomic mass is 10.1. The Morgan fingerprint density at radius 1 is 1.10 bits per heavy atom. The van der Waals surface area contributed by atoms with Crippen LogP contribution >= 0.6 is 0 Å². The van der Waals surface area contributed by atoms with E-state index in [-0.39, 0.29) is 28.0 Å². The molecule has 0 aliphatic heterocycles. The minimum absolute atomic E-state index is 0.0705. The van der Waals surface area contributed by atoms with Gasteiger partial charge in [-0.3, -0.25) is 4.79 Å². The number of ether oxygens (including phenoxy) is 1. The van der Waals surface area contributed by atoms with Gasteiger partial charge in [0.2, 0.25) is 11.2 Å². The molecule has 0 aliphatic rings. The van der Waals surface area contributed by atoms with Gasteiger partial charge >= 0.3 is 0 Å². The van der Waals surface area contributed by atoms with Crippen LogP contribution in [0.5, 0.6) is 17.2 Å². The van der Waals surface area contributed by atoms with Gasteiger partial charge in [-0.25, -0.2) is 0 Å². The van der Waals surface area contributed by atoms with E-state index in [2.05, 4.69) is 0 Å². The second-order valence-corrected chi connectivity index (χ2v) is 4.49. The molecule has 1 aromatic heterocycles. The first-order valence-corrected chi connectivity index (χ1v) is 6.24. The zero-order valence-electron chi connectivity index (χ0n) is 11.2. The number of benzene rings is 2. The molecule has 0 saturated heterocycles. The number of para-hydroxylation sites is 1. The number of phenols is 1. The Balaban J connectivity index is 2.36. The zero-order chi connectivity index (χ0) is 15.0. The third-order valence-corrected chi connectivity index (χ3v) is 3.22. The van der Waals surface area contributed by atoms with Crippen molar-refractivity contribution < 1.29 is 19.4 Å². The summed E-state index contributed by atoms with van der Waals surface area (Å²) in [4.78, 5) is 12.2. The van der Waals surface area contributed by atoms with Crippen LogP contribution in [-0.4, -0.2) is 17.3 Å². The second kappa shape index (κ2) is 4.86. The van der Waals surface area contributed by atoms with E-state index in [0.717, 1.165) is 0 Å². The van der Waals surface area contributed by atoms with Gasteiger partial charge in [-0.05, 0) is 24.3 Å². The Labute approximate surface area is 119 Å². The lowest BCUT2D eigenvalue weighted by molar-refractivity contribution is 0.413. The van der Waals surface area contributed by atoms with Crippen LogP contribution in [0.25, 0.3) is 22.3 Å². The maximum Gasteiger partial charge on any atom is 0.235 e. The number of hydrogen-bond donors (Lipinski definition) is 2. The first-order chi connectivity index (χ1) is 10.1. The first-order valence-electron chi connectivity index (χ1n) is 6.24. The van der Waals surface area contributed by atoms with Crippen molar-refractivity contribution in [2.24, 2.45) is 0 Å². The van der Waals surface area contributed by atoms with Gasteiger partial charge < -0.3 is 19.4 Å². The summed E-state index contributed by atoms with van der Waals surface area (Å²) in [5.74, 6) is -0.161. The van der Waals surface area contributed by atoms with Crippen LogP contribution in [0.1, 0.15) is 0 Å². The topological polar surface area (TPSA) is 79.9 Å². The van der Waals surface area contributed by atoms with E-state index in [9.17, 15) is 15.0 Å². The molecule has 2 N–H and O–H groups in total. The van der Waals surface area contributed by atoms with E-state index in [1.165, 1.54) is 19.2 Å². The van der Waals surface area contributed by atoms with Crippen LogP contribution in [0, 0.1) is 0 Å². The highest BCUT2D eigenvalue weighted by Crippen LogP contribution is 2.35. The highest BCUT2D eigenvalue weighted by Gasteiger charge is 2.17. The van der Waals surface area contributed by atoms with Gasteiger partial charge in [-0.15, -0.1) is 0 Å². The molecule has 21 heavy (non-hydrogen) atoms. The van der Waals surface area contributed by atoms with Crippen molar-refractivity contribution in [3.63, 3.8) is 0 Å². The van der Waals surface area contributed by atoms with Crippen molar-refractivity contribution in [2.45, 2.75) is 0 Å². The minimum Gasteiger partial charge on any atom is -0.507 e. The first kappa shape index (κ1) is 13.1. The number of methoxy groups -OCH3 is 1. The molecule has 0 amide bonds. The molecular weight excluding hydrogens is 272 g/mol. The molecule has 0 saturated carbocycles. The molecule has 0 aliphatic carbocycles. The van der Waals surface area contributed by atoms with E-state index >= 15 is 0 Å². The van der Waals surface area contributed by atoms with Gasteiger partial charge in [-0.2, -0.15) is 0 Å². The van der Waals surface area contributed by atoms with Crippen LogP contribution in [-0.2, 0) is 0 Å². The number of hydrogen-bond acceptors (Lipinski definition) is 5. The molecule has 0 fully saturated rings. The summed E-state index contributed by atoms with van der Waals surface area (Å²) in [6, 6.07) is 11.0. The minimum atomic E-state index is -0.558. The maximum absolute atomic E-state index is 12.2. The lowest BCUT2D eigenvalue weighted by Crippen LogP contribution is -2.02. The molecule has 106 valence electrons. The van der Waals surface area contributed by atoms with Crippen LogP contribution < -0.4 is 10.2 Å². The normalized spacial score (nSPS) is 10.7. The van der Waals surface area contributed by atoms with E-state index in [0.29, 0.717) is 5.75 Å². The number of rotatable bonds is 2. The fraction of sp³-hybridized carbons (Fsp3) is 0.0625. The Morgan fingerprint density at radius 2 is 1.86 bits per heavy atom. The van der Waals surface area contributed by atoms with Crippen molar-refractivity contribution in [1.82, 2.24) is 0 Å². The highest BCUT2D eigenvalue weighted by molar-refractivity contribution is 5.83. The highest BCUT2D eigenvalue weighted by atomic mass is 16.5. The Morgan fingerprint density at radius 3 is 2.57 bits per heavy atom. The van der Waals surface area contributed by atoms with Gasteiger partial charge in [0.25, 0.3) is 0 Å². The quantitative estimate of drug-likeness (QED) is 0.756. The molecule has 0 unspecified atom stereocenters. The average molecular weight is 284 g/mol. The van der Waals surface area contributed by atoms with Crippen LogP contribution in [0.2, 0.25) is 0 Å². The predicted molar refractivity (Wildman–Crippen MR) is 77.8 cm³/mol. The smallest absolute Gasteiger partial charge is 0.235 e. The average Bonchev–Trinajstić information content (AvgIpc) is 2.51. The zero-order valence-corrected chi connectivity index (χ0v) is 11.2. The van der Waals surface area contributed by atoms with E-state index in [1.54, 1.807) is 30.3 Å². The monoisotopic (exact) mass is 284 g/mol. The summed E-state index contributed by atoms with van der Waals surface area (Å²) in [5.41, 5.74) is -0.0376. The van der Waals surface area contributed by atoms with Crippen molar-refractivity contribution in [3.05, 3.63) is 52.7 Å². The molecule has 2 aromatic carbocycles. The van der Waals surface area contributed by atoms with Gasteiger partial charge in [0.05, 0.1) is 18.1 Å². The second-order valence-electron chi connectivity index (χ2n) is 4.49. The third kappa shape index (κ3) is 2.08. The molecular formula is C16H12O5. The van der Waals surface area contributed by atoms with E-state index in [4.69, 9.17) is 9.15 Å². The van der Waals surface area contributed by atoms with Crippen molar-refractivity contribution in [1.29, 1.82) is 0 Å². The van der Waals surface area contributed by atoms with E-state index in [1.807, 2.05) is 0 Å². The fourth-order valence-corrected chi connectivity index (χ4v) is 2.14. The summed E-state index contributed by atoms with van der Waals surface area (Å²) in [6.45, 7) is 0. The van der Waals surface area contributed by atoms with Gasteiger partial charge in [0.15, 0.2) is 5.76 Å². The Kier molecular flexibility index (Phi) is 3.02. The fourth-order valence-electron chi connectivity index (χ4n) is 2.14. The SMILES string of the molecule is COc1ccc2c(=O)c(O)c(-c3ccccc3O)oc2c1. The van der Waals surface area contributed by atoms with Gasteiger partial charge in [0, 0.05) is 6.07 Å². The molecule has 5 nitrogen and oxygen atoms in total. The molecule has 0 atom stereocenters. The predicted octanol–water partition coefficient (Wildman–Crippen LogP) is 2.88. The summed E-state index contributed by atoms with van der Waals surface area (Å²) in [5, 5.41) is 20.1. The van der Waals surface area contributed by atoms with Crippen LogP contribution in [0.15, 0.2) is 51.7 Å². The number of phenolic OH excluding ortho intramolecular Hbond substituents is 1.